The highest BCUT2D eigenvalue weighted by atomic mass is 14.9. The van der Waals surface area contributed by atoms with Crippen LogP contribution >= 0.6 is 0 Å². The summed E-state index contributed by atoms with van der Waals surface area (Å²) in [6.07, 6.45) is 0. The van der Waals surface area contributed by atoms with E-state index >= 15 is 0 Å². The van der Waals surface area contributed by atoms with Gasteiger partial charge >= 0.3 is 0 Å². The van der Waals surface area contributed by atoms with Crippen LogP contribution in [0.15, 0.2) is 0 Å². The summed E-state index contributed by atoms with van der Waals surface area (Å²) in [4.78, 5) is 0. The molecule has 0 radical (unpaired) electrons. The van der Waals surface area contributed by atoms with Crippen LogP contribution in [0.5, 0.6) is 0 Å². The van der Waals surface area contributed by atoms with Gasteiger partial charge in [0.1, 0.15) is 0 Å². The first-order chi connectivity index (χ1) is 6.13. The highest BCUT2D eigenvalue weighted by molar-refractivity contribution is 5.75. The van der Waals surface area contributed by atoms with Crippen LogP contribution < -0.4 is 16.8 Å². The number of nitrogens with one attached hydrogen (secondary N) is 1. The third kappa shape index (κ3) is 1.00. The molecule has 0 saturated carbocycles. The van der Waals surface area contributed by atoms with E-state index in [0.717, 1.165) is 35.6 Å². The molecule has 1 aromatic carbocycles. The van der Waals surface area contributed by atoms with Crippen LogP contribution in [0, 0.1) is 13.8 Å². The second kappa shape index (κ2) is 2.64. The number of hydrogen-bond acceptors (Lipinski definition) is 3. The van der Waals surface area contributed by atoms with Gasteiger partial charge in [-0.1, -0.05) is 0 Å². The van der Waals surface area contributed by atoms with E-state index in [0.29, 0.717) is 0 Å². The van der Waals surface area contributed by atoms with Crippen LogP contribution in [0.3, 0.4) is 0 Å². The Kier molecular flexibility index (Phi) is 1.70. The van der Waals surface area contributed by atoms with Crippen molar-refractivity contribution >= 4 is 11.4 Å². The second-order valence-corrected chi connectivity index (χ2v) is 3.64. The maximum Gasteiger partial charge on any atom is 0.0583 e. The molecule has 0 spiro atoms. The summed E-state index contributed by atoms with van der Waals surface area (Å²) in [6, 6.07) is 0. The van der Waals surface area contributed by atoms with E-state index in [2.05, 4.69) is 5.32 Å². The third-order valence-electron chi connectivity index (χ3n) is 2.97. The first-order valence-electron chi connectivity index (χ1n) is 4.49. The van der Waals surface area contributed by atoms with Gasteiger partial charge in [-0.2, -0.15) is 0 Å². The first kappa shape index (κ1) is 8.38. The highest BCUT2D eigenvalue weighted by Gasteiger charge is 2.19. The lowest BCUT2D eigenvalue weighted by Gasteiger charge is -2.13. The summed E-state index contributed by atoms with van der Waals surface area (Å²) >= 11 is 0. The van der Waals surface area contributed by atoms with E-state index < -0.39 is 0 Å². The van der Waals surface area contributed by atoms with Gasteiger partial charge in [0, 0.05) is 13.1 Å². The average molecular weight is 177 g/mol. The molecule has 0 atom stereocenters. The summed E-state index contributed by atoms with van der Waals surface area (Å²) < 4.78 is 0. The fraction of sp³-hybridized carbons (Fsp3) is 0.400. The number of rotatable bonds is 0. The van der Waals surface area contributed by atoms with Gasteiger partial charge in [0.15, 0.2) is 0 Å². The lowest BCUT2D eigenvalue weighted by Crippen LogP contribution is -2.04. The van der Waals surface area contributed by atoms with E-state index in [4.69, 9.17) is 11.5 Å². The Hall–Kier alpha value is -1.22. The number of hydrogen-bond donors (Lipinski definition) is 3. The van der Waals surface area contributed by atoms with Crippen molar-refractivity contribution in [2.45, 2.75) is 26.9 Å². The van der Waals surface area contributed by atoms with Gasteiger partial charge in [-0.05, 0) is 36.1 Å². The minimum atomic E-state index is 0.750. The van der Waals surface area contributed by atoms with E-state index in [9.17, 15) is 0 Å². The smallest absolute Gasteiger partial charge is 0.0583 e. The molecule has 1 aliphatic heterocycles. The second-order valence-electron chi connectivity index (χ2n) is 3.64. The molecule has 13 heavy (non-hydrogen) atoms. The largest absolute Gasteiger partial charge is 0.397 e. The Morgan fingerprint density at radius 1 is 0.923 bits per heavy atom. The van der Waals surface area contributed by atoms with Gasteiger partial charge in [0.25, 0.3) is 0 Å². The molecule has 0 fully saturated rings. The van der Waals surface area contributed by atoms with E-state index in [1.54, 1.807) is 0 Å². The molecule has 3 heteroatoms. The number of nitrogen functional groups attached to an aromatic ring is 2. The van der Waals surface area contributed by atoms with Gasteiger partial charge in [-0.15, -0.1) is 0 Å². The van der Waals surface area contributed by atoms with Crippen molar-refractivity contribution in [3.8, 4) is 0 Å². The Morgan fingerprint density at radius 2 is 1.31 bits per heavy atom. The summed E-state index contributed by atoms with van der Waals surface area (Å²) in [5.41, 5.74) is 18.3. The molecule has 1 aromatic rings. The van der Waals surface area contributed by atoms with Crippen molar-refractivity contribution in [3.63, 3.8) is 0 Å². The SMILES string of the molecule is Cc1c(N)c(N)c(C)c2c1CNC2. The van der Waals surface area contributed by atoms with Crippen LogP contribution in [-0.4, -0.2) is 0 Å². The predicted molar refractivity (Wildman–Crippen MR) is 55.3 cm³/mol. The molecule has 0 bridgehead atoms. The average Bonchev–Trinajstić information content (AvgIpc) is 2.59. The van der Waals surface area contributed by atoms with Gasteiger partial charge in [0.05, 0.1) is 11.4 Å². The molecule has 70 valence electrons. The predicted octanol–water partition coefficient (Wildman–Crippen LogP) is 1.07. The molecule has 0 amide bonds. The Bertz CT molecular complexity index is 334. The van der Waals surface area contributed by atoms with Crippen LogP contribution in [0.4, 0.5) is 11.4 Å². The van der Waals surface area contributed by atoms with E-state index in [-0.39, 0.29) is 0 Å². The quantitative estimate of drug-likeness (QED) is 0.519. The number of fused-ring (bicyclic) bond motifs is 1. The lowest BCUT2D eigenvalue weighted by atomic mass is 9.96. The molecule has 0 aromatic heterocycles. The molecule has 0 unspecified atom stereocenters. The number of nitrogens with two attached hydrogens (primary N) is 2. The summed E-state index contributed by atoms with van der Waals surface area (Å²) in [6.45, 7) is 5.92. The lowest BCUT2D eigenvalue weighted by molar-refractivity contribution is 0.762. The van der Waals surface area contributed by atoms with Gasteiger partial charge in [-0.3, -0.25) is 0 Å². The Balaban J connectivity index is 2.77. The van der Waals surface area contributed by atoms with Crippen molar-refractivity contribution in [2.75, 3.05) is 11.5 Å². The maximum atomic E-state index is 5.90. The molecule has 1 aliphatic rings. The van der Waals surface area contributed by atoms with Crippen LogP contribution in [-0.2, 0) is 13.1 Å². The van der Waals surface area contributed by atoms with Crippen molar-refractivity contribution in [1.29, 1.82) is 0 Å². The van der Waals surface area contributed by atoms with Crippen molar-refractivity contribution in [3.05, 3.63) is 22.3 Å². The van der Waals surface area contributed by atoms with Crippen molar-refractivity contribution in [1.82, 2.24) is 5.32 Å². The highest BCUT2D eigenvalue weighted by Crippen LogP contribution is 2.33. The Morgan fingerprint density at radius 3 is 1.69 bits per heavy atom. The Labute approximate surface area is 78.1 Å². The van der Waals surface area contributed by atoms with Gasteiger partial charge < -0.3 is 16.8 Å². The van der Waals surface area contributed by atoms with Gasteiger partial charge in [-0.25, -0.2) is 0 Å². The molecule has 3 nitrogen and oxygen atoms in total. The molecule has 2 rings (SSSR count). The molecule has 1 heterocycles. The molecule has 0 aliphatic carbocycles. The third-order valence-corrected chi connectivity index (χ3v) is 2.97. The van der Waals surface area contributed by atoms with E-state index in [1.165, 1.54) is 11.1 Å². The zero-order valence-corrected chi connectivity index (χ0v) is 8.07. The topological polar surface area (TPSA) is 64.1 Å². The van der Waals surface area contributed by atoms with Crippen molar-refractivity contribution < 1.29 is 0 Å². The first-order valence-corrected chi connectivity index (χ1v) is 4.49. The molecule has 5 N–H and O–H groups in total. The van der Waals surface area contributed by atoms with Crippen LogP contribution in [0.1, 0.15) is 22.3 Å². The fourth-order valence-electron chi connectivity index (χ4n) is 1.97. The molecule has 0 saturated heterocycles. The molecular weight excluding hydrogens is 162 g/mol. The normalized spacial score (nSPS) is 14.6. The number of benzene rings is 1. The van der Waals surface area contributed by atoms with Crippen LogP contribution in [0.2, 0.25) is 0 Å². The van der Waals surface area contributed by atoms with E-state index in [1.807, 2.05) is 13.8 Å². The minimum absolute atomic E-state index is 0.750. The molecular formula is C10H15N3. The summed E-state index contributed by atoms with van der Waals surface area (Å²) in [5, 5.41) is 3.31. The monoisotopic (exact) mass is 177 g/mol. The minimum Gasteiger partial charge on any atom is -0.397 e. The number of anilines is 2. The summed E-state index contributed by atoms with van der Waals surface area (Å²) in [7, 11) is 0. The summed E-state index contributed by atoms with van der Waals surface area (Å²) in [5.74, 6) is 0. The van der Waals surface area contributed by atoms with Crippen LogP contribution in [0.25, 0.3) is 0 Å². The standard InChI is InChI=1S/C10H15N3/c1-5-7-3-13-4-8(7)6(2)10(12)9(5)11/h13H,3-4,11-12H2,1-2H3. The fourth-order valence-corrected chi connectivity index (χ4v) is 1.97. The van der Waals surface area contributed by atoms with Crippen molar-refractivity contribution in [2.24, 2.45) is 0 Å². The maximum absolute atomic E-state index is 5.90. The zero-order valence-electron chi connectivity index (χ0n) is 8.07. The van der Waals surface area contributed by atoms with Gasteiger partial charge in [0.2, 0.25) is 0 Å². The zero-order chi connectivity index (χ0) is 9.59.